The molecular formula is C7H14N4O. The van der Waals surface area contributed by atoms with E-state index in [1.54, 1.807) is 0 Å². The van der Waals surface area contributed by atoms with Gasteiger partial charge in [-0.2, -0.15) is 5.48 Å². The standard InChI is InChI=1S/C7H14N4O/c1-5(2)11-6(3)7(4-8-12)9-10-11/h5,8,12H,4H2,1-3H3. The van der Waals surface area contributed by atoms with E-state index in [1.165, 1.54) is 0 Å². The Bertz CT molecular complexity index is 256. The molecule has 0 radical (unpaired) electrons. The Balaban J connectivity index is 2.88. The molecule has 0 unspecified atom stereocenters. The minimum absolute atomic E-state index is 0.310. The lowest BCUT2D eigenvalue weighted by Crippen LogP contribution is -2.09. The van der Waals surface area contributed by atoms with Crippen molar-refractivity contribution in [1.29, 1.82) is 0 Å². The molecule has 5 nitrogen and oxygen atoms in total. The maximum absolute atomic E-state index is 8.46. The van der Waals surface area contributed by atoms with Gasteiger partial charge in [0.25, 0.3) is 0 Å². The van der Waals surface area contributed by atoms with E-state index in [4.69, 9.17) is 5.21 Å². The highest BCUT2D eigenvalue weighted by atomic mass is 16.5. The molecule has 0 aliphatic heterocycles. The van der Waals surface area contributed by atoms with Crippen molar-refractivity contribution in [3.05, 3.63) is 11.4 Å². The fourth-order valence-corrected chi connectivity index (χ4v) is 1.10. The Kier molecular flexibility index (Phi) is 2.78. The minimum Gasteiger partial charge on any atom is -0.316 e. The molecule has 2 N–H and O–H groups in total. The molecule has 1 rings (SSSR count). The van der Waals surface area contributed by atoms with Gasteiger partial charge in [0.15, 0.2) is 0 Å². The van der Waals surface area contributed by atoms with Gasteiger partial charge in [-0.25, -0.2) is 4.68 Å². The molecule has 0 aromatic carbocycles. The summed E-state index contributed by atoms with van der Waals surface area (Å²) in [4.78, 5) is 0. The van der Waals surface area contributed by atoms with Crippen LogP contribution in [0.4, 0.5) is 0 Å². The molecule has 0 fully saturated rings. The lowest BCUT2D eigenvalue weighted by molar-refractivity contribution is 0.159. The fraction of sp³-hybridized carbons (Fsp3) is 0.714. The summed E-state index contributed by atoms with van der Waals surface area (Å²) < 4.78 is 1.83. The molecule has 0 atom stereocenters. The van der Waals surface area contributed by atoms with Gasteiger partial charge in [0.2, 0.25) is 0 Å². The second-order valence-electron chi connectivity index (χ2n) is 2.99. The van der Waals surface area contributed by atoms with Gasteiger partial charge in [0, 0.05) is 6.04 Å². The first-order valence-electron chi connectivity index (χ1n) is 3.94. The Morgan fingerprint density at radius 2 is 2.25 bits per heavy atom. The zero-order valence-corrected chi connectivity index (χ0v) is 7.57. The number of hydroxylamine groups is 1. The summed E-state index contributed by atoms with van der Waals surface area (Å²) in [5.74, 6) is 0. The lowest BCUT2D eigenvalue weighted by Gasteiger charge is -2.06. The van der Waals surface area contributed by atoms with Crippen molar-refractivity contribution in [1.82, 2.24) is 20.5 Å². The predicted molar refractivity (Wildman–Crippen MR) is 43.8 cm³/mol. The zero-order valence-electron chi connectivity index (χ0n) is 7.57. The molecule has 1 aromatic rings. The highest BCUT2D eigenvalue weighted by Crippen LogP contribution is 2.09. The van der Waals surface area contributed by atoms with E-state index >= 15 is 0 Å². The van der Waals surface area contributed by atoms with E-state index < -0.39 is 0 Å². The van der Waals surface area contributed by atoms with Gasteiger partial charge in [-0.15, -0.1) is 5.10 Å². The number of aromatic nitrogens is 3. The van der Waals surface area contributed by atoms with Crippen molar-refractivity contribution in [2.75, 3.05) is 0 Å². The first kappa shape index (κ1) is 9.15. The SMILES string of the molecule is Cc1c(CNO)nnn1C(C)C. The molecule has 0 aliphatic carbocycles. The highest BCUT2D eigenvalue weighted by Gasteiger charge is 2.09. The van der Waals surface area contributed by atoms with E-state index in [-0.39, 0.29) is 0 Å². The van der Waals surface area contributed by atoms with Crippen LogP contribution in [0.1, 0.15) is 31.3 Å². The average molecular weight is 170 g/mol. The minimum atomic E-state index is 0.310. The Labute approximate surface area is 71.3 Å². The molecule has 0 aliphatic rings. The summed E-state index contributed by atoms with van der Waals surface area (Å²) in [5, 5.41) is 16.3. The molecule has 1 heterocycles. The van der Waals surface area contributed by atoms with Crippen LogP contribution in [-0.4, -0.2) is 20.2 Å². The Morgan fingerprint density at radius 3 is 2.67 bits per heavy atom. The Morgan fingerprint density at radius 1 is 1.58 bits per heavy atom. The number of hydrogen-bond donors (Lipinski definition) is 2. The summed E-state index contributed by atoms with van der Waals surface area (Å²) in [6.07, 6.45) is 0. The van der Waals surface area contributed by atoms with Crippen molar-refractivity contribution >= 4 is 0 Å². The van der Waals surface area contributed by atoms with Crippen LogP contribution in [0.3, 0.4) is 0 Å². The molecule has 0 bridgehead atoms. The monoisotopic (exact) mass is 170 g/mol. The largest absolute Gasteiger partial charge is 0.316 e. The summed E-state index contributed by atoms with van der Waals surface area (Å²) >= 11 is 0. The molecule has 0 spiro atoms. The van der Waals surface area contributed by atoms with Gasteiger partial charge in [0.05, 0.1) is 12.2 Å². The summed E-state index contributed by atoms with van der Waals surface area (Å²) in [7, 11) is 0. The molecule has 0 saturated carbocycles. The molecule has 5 heteroatoms. The topological polar surface area (TPSA) is 63.0 Å². The number of rotatable bonds is 3. The molecule has 68 valence electrons. The normalized spacial score (nSPS) is 11.1. The summed E-state index contributed by atoms with van der Waals surface area (Å²) in [5.41, 5.74) is 3.84. The smallest absolute Gasteiger partial charge is 0.102 e. The Hall–Kier alpha value is -0.940. The van der Waals surface area contributed by atoms with E-state index in [9.17, 15) is 0 Å². The summed E-state index contributed by atoms with van der Waals surface area (Å²) in [6.45, 7) is 6.36. The van der Waals surface area contributed by atoms with E-state index in [0.717, 1.165) is 11.4 Å². The van der Waals surface area contributed by atoms with Crippen LogP contribution in [0.15, 0.2) is 0 Å². The molecule has 1 aromatic heterocycles. The van der Waals surface area contributed by atoms with E-state index in [2.05, 4.69) is 15.8 Å². The summed E-state index contributed by atoms with van der Waals surface area (Å²) in [6, 6.07) is 0.310. The highest BCUT2D eigenvalue weighted by molar-refractivity contribution is 5.07. The predicted octanol–water partition coefficient (Wildman–Crippen LogP) is 0.646. The van der Waals surface area contributed by atoms with Gasteiger partial charge >= 0.3 is 0 Å². The van der Waals surface area contributed by atoms with Gasteiger partial charge in [0.1, 0.15) is 5.69 Å². The average Bonchev–Trinajstić information content (AvgIpc) is 2.34. The third-order valence-corrected chi connectivity index (χ3v) is 1.76. The quantitative estimate of drug-likeness (QED) is 0.654. The number of hydrogen-bond acceptors (Lipinski definition) is 4. The van der Waals surface area contributed by atoms with Crippen LogP contribution in [0.25, 0.3) is 0 Å². The van der Waals surface area contributed by atoms with Gasteiger partial charge in [-0.3, -0.25) is 0 Å². The fourth-order valence-electron chi connectivity index (χ4n) is 1.10. The van der Waals surface area contributed by atoms with E-state index in [0.29, 0.717) is 12.6 Å². The van der Waals surface area contributed by atoms with Crippen molar-refractivity contribution in [3.63, 3.8) is 0 Å². The van der Waals surface area contributed by atoms with Crippen LogP contribution < -0.4 is 5.48 Å². The first-order chi connectivity index (χ1) is 5.66. The first-order valence-corrected chi connectivity index (χ1v) is 3.94. The zero-order chi connectivity index (χ0) is 9.14. The molecular weight excluding hydrogens is 156 g/mol. The van der Waals surface area contributed by atoms with Gasteiger partial charge in [-0.1, -0.05) is 5.21 Å². The van der Waals surface area contributed by atoms with Crippen molar-refractivity contribution in [2.45, 2.75) is 33.4 Å². The van der Waals surface area contributed by atoms with Crippen molar-refractivity contribution in [2.24, 2.45) is 0 Å². The molecule has 12 heavy (non-hydrogen) atoms. The van der Waals surface area contributed by atoms with Crippen LogP contribution in [0, 0.1) is 6.92 Å². The van der Waals surface area contributed by atoms with Gasteiger partial charge < -0.3 is 5.21 Å². The number of nitrogens with zero attached hydrogens (tertiary/aromatic N) is 3. The second-order valence-corrected chi connectivity index (χ2v) is 2.99. The maximum atomic E-state index is 8.46. The maximum Gasteiger partial charge on any atom is 0.102 e. The van der Waals surface area contributed by atoms with Gasteiger partial charge in [-0.05, 0) is 20.8 Å². The van der Waals surface area contributed by atoms with Crippen molar-refractivity contribution < 1.29 is 5.21 Å². The van der Waals surface area contributed by atoms with Crippen LogP contribution in [0.5, 0.6) is 0 Å². The van der Waals surface area contributed by atoms with Crippen molar-refractivity contribution in [3.8, 4) is 0 Å². The lowest BCUT2D eigenvalue weighted by atomic mass is 10.3. The number of nitrogens with one attached hydrogen (secondary N) is 1. The van der Waals surface area contributed by atoms with Crippen LogP contribution >= 0.6 is 0 Å². The van der Waals surface area contributed by atoms with Crippen LogP contribution in [0.2, 0.25) is 0 Å². The third-order valence-electron chi connectivity index (χ3n) is 1.76. The molecule has 0 saturated heterocycles. The van der Waals surface area contributed by atoms with E-state index in [1.807, 2.05) is 25.5 Å². The second kappa shape index (κ2) is 3.64. The van der Waals surface area contributed by atoms with Crippen LogP contribution in [-0.2, 0) is 6.54 Å². The third kappa shape index (κ3) is 1.62. The molecule has 0 amide bonds.